The van der Waals surface area contributed by atoms with Gasteiger partial charge in [-0.2, -0.15) is 18.3 Å². The summed E-state index contributed by atoms with van der Waals surface area (Å²) >= 11 is 0. The van der Waals surface area contributed by atoms with Crippen molar-refractivity contribution < 1.29 is 18.0 Å². The number of aromatic nitrogens is 3. The first-order valence-corrected chi connectivity index (χ1v) is 11.3. The summed E-state index contributed by atoms with van der Waals surface area (Å²) < 4.78 is 40.2. The van der Waals surface area contributed by atoms with E-state index in [1.54, 1.807) is 0 Å². The zero-order valence-electron chi connectivity index (χ0n) is 19.7. The lowest BCUT2D eigenvalue weighted by Gasteiger charge is -2.37. The van der Waals surface area contributed by atoms with Crippen molar-refractivity contribution >= 4 is 11.6 Å². The number of halogens is 3. The summed E-state index contributed by atoms with van der Waals surface area (Å²) in [5, 5.41) is 4.31. The molecule has 1 fully saturated rings. The van der Waals surface area contributed by atoms with Gasteiger partial charge in [0.05, 0.1) is 23.0 Å². The van der Waals surface area contributed by atoms with Crippen LogP contribution in [0.25, 0.3) is 5.82 Å². The molecule has 0 aliphatic carbocycles. The topological polar surface area (TPSA) is 54.3 Å². The zero-order chi connectivity index (χ0) is 24.6. The number of rotatable bonds is 4. The monoisotopic (exact) mass is 471 g/mol. The Morgan fingerprint density at radius 3 is 2.29 bits per heavy atom. The van der Waals surface area contributed by atoms with Gasteiger partial charge in [0.1, 0.15) is 0 Å². The fourth-order valence-corrected chi connectivity index (χ4v) is 4.34. The first-order valence-electron chi connectivity index (χ1n) is 11.3. The molecule has 0 bridgehead atoms. The van der Waals surface area contributed by atoms with Crippen LogP contribution >= 0.6 is 0 Å². The largest absolute Gasteiger partial charge is 0.417 e. The number of piperazine rings is 1. The summed E-state index contributed by atoms with van der Waals surface area (Å²) in [6, 6.07) is 8.50. The van der Waals surface area contributed by atoms with Gasteiger partial charge in [0.15, 0.2) is 5.82 Å². The van der Waals surface area contributed by atoms with Crippen LogP contribution in [0.5, 0.6) is 0 Å². The number of pyridine rings is 1. The second-order valence-corrected chi connectivity index (χ2v) is 8.91. The van der Waals surface area contributed by atoms with Gasteiger partial charge in [-0.15, -0.1) is 0 Å². The quantitative estimate of drug-likeness (QED) is 0.538. The van der Waals surface area contributed by atoms with Gasteiger partial charge in [0.25, 0.3) is 5.91 Å². The average Bonchev–Trinajstić information content (AvgIpc) is 3.26. The molecular formula is C25H28F3N5O. The van der Waals surface area contributed by atoms with Crippen LogP contribution in [0.1, 0.15) is 52.5 Å². The number of alkyl halides is 3. The number of nitrogens with zero attached hydrogens (tertiary/aromatic N) is 5. The summed E-state index contributed by atoms with van der Waals surface area (Å²) in [6.07, 6.45) is -2.18. The Bertz CT molecular complexity index is 1180. The van der Waals surface area contributed by atoms with E-state index in [1.165, 1.54) is 33.8 Å². The maximum absolute atomic E-state index is 13.4. The number of benzene rings is 1. The molecule has 1 aromatic carbocycles. The molecule has 0 spiro atoms. The smallest absolute Gasteiger partial charge is 0.368 e. The van der Waals surface area contributed by atoms with E-state index in [2.05, 4.69) is 41.0 Å². The lowest BCUT2D eigenvalue weighted by atomic mass is 10.0. The Hall–Kier alpha value is -3.36. The molecule has 1 aliphatic rings. The molecule has 4 rings (SSSR count). The van der Waals surface area contributed by atoms with Crippen molar-refractivity contribution in [3.63, 3.8) is 0 Å². The molecular weight excluding hydrogens is 443 g/mol. The highest BCUT2D eigenvalue weighted by Gasteiger charge is 2.32. The number of anilines is 1. The Morgan fingerprint density at radius 1 is 1.00 bits per heavy atom. The third-order valence-corrected chi connectivity index (χ3v) is 6.36. The molecule has 180 valence electrons. The van der Waals surface area contributed by atoms with E-state index >= 15 is 0 Å². The van der Waals surface area contributed by atoms with Crippen LogP contribution in [-0.4, -0.2) is 51.8 Å². The number of amides is 1. The summed E-state index contributed by atoms with van der Waals surface area (Å²) in [5.41, 5.74) is 3.94. The highest BCUT2D eigenvalue weighted by Crippen LogP contribution is 2.30. The van der Waals surface area contributed by atoms with Gasteiger partial charge in [-0.1, -0.05) is 26.0 Å². The van der Waals surface area contributed by atoms with Crippen molar-refractivity contribution in [2.24, 2.45) is 0 Å². The molecule has 0 saturated carbocycles. The maximum Gasteiger partial charge on any atom is 0.417 e. The van der Waals surface area contributed by atoms with Gasteiger partial charge in [-0.25, -0.2) is 9.67 Å². The Labute approximate surface area is 197 Å². The summed E-state index contributed by atoms with van der Waals surface area (Å²) in [6.45, 7) is 10.7. The molecule has 9 heteroatoms. The van der Waals surface area contributed by atoms with Gasteiger partial charge in [0, 0.05) is 38.1 Å². The average molecular weight is 472 g/mol. The highest BCUT2D eigenvalue weighted by molar-refractivity contribution is 5.95. The van der Waals surface area contributed by atoms with E-state index in [4.69, 9.17) is 0 Å². The van der Waals surface area contributed by atoms with Crippen LogP contribution in [0.3, 0.4) is 0 Å². The molecule has 3 aromatic rings. The molecule has 1 amide bonds. The third kappa shape index (κ3) is 4.51. The van der Waals surface area contributed by atoms with E-state index in [0.717, 1.165) is 25.4 Å². The summed E-state index contributed by atoms with van der Waals surface area (Å²) in [7, 11) is 0. The van der Waals surface area contributed by atoms with Crippen LogP contribution in [0.2, 0.25) is 0 Å². The second-order valence-electron chi connectivity index (χ2n) is 8.91. The minimum Gasteiger partial charge on any atom is -0.368 e. The van der Waals surface area contributed by atoms with E-state index in [1.807, 2.05) is 24.8 Å². The predicted molar refractivity (Wildman–Crippen MR) is 124 cm³/mol. The lowest BCUT2D eigenvalue weighted by Crippen LogP contribution is -2.49. The first kappa shape index (κ1) is 23.8. The van der Waals surface area contributed by atoms with Crippen LogP contribution in [-0.2, 0) is 6.18 Å². The minimum absolute atomic E-state index is 0.0817. The van der Waals surface area contributed by atoms with Crippen LogP contribution in [0.4, 0.5) is 18.9 Å². The van der Waals surface area contributed by atoms with Gasteiger partial charge in [0.2, 0.25) is 0 Å². The molecule has 34 heavy (non-hydrogen) atoms. The molecule has 1 aliphatic heterocycles. The number of hydrogen-bond donors (Lipinski definition) is 0. The summed E-state index contributed by atoms with van der Waals surface area (Å²) in [4.78, 5) is 21.5. The molecule has 1 saturated heterocycles. The molecule has 0 N–H and O–H groups in total. The Kier molecular flexibility index (Phi) is 6.38. The zero-order valence-corrected chi connectivity index (χ0v) is 19.7. The van der Waals surface area contributed by atoms with Crippen molar-refractivity contribution in [1.29, 1.82) is 0 Å². The fourth-order valence-electron chi connectivity index (χ4n) is 4.34. The van der Waals surface area contributed by atoms with E-state index in [-0.39, 0.29) is 17.6 Å². The third-order valence-electron chi connectivity index (χ3n) is 6.36. The Balaban J connectivity index is 1.54. The predicted octanol–water partition coefficient (Wildman–Crippen LogP) is 4.99. The van der Waals surface area contributed by atoms with Crippen molar-refractivity contribution in [2.75, 3.05) is 31.1 Å². The van der Waals surface area contributed by atoms with Gasteiger partial charge in [-0.05, 0) is 49.1 Å². The molecule has 6 nitrogen and oxygen atoms in total. The van der Waals surface area contributed by atoms with Gasteiger partial charge >= 0.3 is 6.18 Å². The molecule has 0 atom stereocenters. The number of carbonyl (C=O) groups excluding carboxylic acids is 1. The minimum atomic E-state index is -4.46. The second kappa shape index (κ2) is 9.12. The number of aryl methyl sites for hydroxylation is 1. The van der Waals surface area contributed by atoms with Crippen LogP contribution < -0.4 is 4.90 Å². The lowest BCUT2D eigenvalue weighted by molar-refractivity contribution is -0.137. The molecule has 0 unspecified atom stereocenters. The van der Waals surface area contributed by atoms with Gasteiger partial charge < -0.3 is 9.80 Å². The Morgan fingerprint density at radius 2 is 1.71 bits per heavy atom. The highest BCUT2D eigenvalue weighted by atomic mass is 19.4. The van der Waals surface area contributed by atoms with E-state index in [9.17, 15) is 18.0 Å². The van der Waals surface area contributed by atoms with Crippen molar-refractivity contribution in [2.45, 2.75) is 39.8 Å². The first-order chi connectivity index (χ1) is 16.1. The van der Waals surface area contributed by atoms with Crippen LogP contribution in [0.15, 0.2) is 42.7 Å². The standard InChI is InChI=1S/C25H28F3N5O/c1-16(2)23-20(15-30-33(23)22-9-8-19(14-29-22)25(26,27)28)24(34)32-12-10-31(11-13-32)21-7-5-6-17(3)18(21)4/h5-9,14-16H,10-13H2,1-4H3. The normalized spacial score (nSPS) is 14.7. The molecule has 3 heterocycles. The van der Waals surface area contributed by atoms with Crippen molar-refractivity contribution in [1.82, 2.24) is 19.7 Å². The SMILES string of the molecule is Cc1cccc(N2CCN(C(=O)c3cnn(-c4ccc(C(F)(F)F)cn4)c3C(C)C)CC2)c1C. The van der Waals surface area contributed by atoms with Crippen LogP contribution in [0, 0.1) is 13.8 Å². The molecule has 2 aromatic heterocycles. The van der Waals surface area contributed by atoms with Crippen molar-refractivity contribution in [3.8, 4) is 5.82 Å². The van der Waals surface area contributed by atoms with E-state index < -0.39 is 11.7 Å². The maximum atomic E-state index is 13.4. The van der Waals surface area contributed by atoms with E-state index in [0.29, 0.717) is 24.3 Å². The number of carbonyl (C=O) groups is 1. The van der Waals surface area contributed by atoms with Gasteiger partial charge in [-0.3, -0.25) is 4.79 Å². The molecule has 0 radical (unpaired) electrons. The van der Waals surface area contributed by atoms with Crippen molar-refractivity contribution in [3.05, 3.63) is 70.7 Å². The summed E-state index contributed by atoms with van der Waals surface area (Å²) in [5.74, 6) is 0.0414. The number of hydrogen-bond acceptors (Lipinski definition) is 4. The fraction of sp³-hybridized carbons (Fsp3) is 0.400.